The normalized spacial score (nSPS) is 11.4. The zero-order valence-electron chi connectivity index (χ0n) is 15.6. The predicted octanol–water partition coefficient (Wildman–Crippen LogP) is 3.15. The summed E-state index contributed by atoms with van der Waals surface area (Å²) >= 11 is 0. The van der Waals surface area contributed by atoms with Gasteiger partial charge in [0.05, 0.1) is 26.3 Å². The minimum Gasteiger partial charge on any atom is -0.493 e. The highest BCUT2D eigenvalue weighted by Gasteiger charge is 2.32. The first-order chi connectivity index (χ1) is 12.9. The molecule has 0 saturated carbocycles. The maximum atomic E-state index is 12.7. The van der Waals surface area contributed by atoms with Crippen molar-refractivity contribution in [3.8, 4) is 17.2 Å². The number of carbonyl (C=O) groups is 1. The van der Waals surface area contributed by atoms with Crippen LogP contribution in [0.15, 0.2) is 36.4 Å². The van der Waals surface area contributed by atoms with Gasteiger partial charge in [0.25, 0.3) is 5.91 Å². The Labute approximate surface area is 157 Å². The highest BCUT2D eigenvalue weighted by Crippen LogP contribution is 2.46. The number of carbonyl (C=O) groups excluding carboxylic acids is 1. The second kappa shape index (κ2) is 8.88. The van der Waals surface area contributed by atoms with Crippen molar-refractivity contribution >= 4 is 11.6 Å². The van der Waals surface area contributed by atoms with E-state index in [1.807, 2.05) is 37.3 Å². The molecule has 0 bridgehead atoms. The van der Waals surface area contributed by atoms with E-state index in [2.05, 4.69) is 5.32 Å². The van der Waals surface area contributed by atoms with Crippen LogP contribution in [0.2, 0.25) is 0 Å². The second-order valence-electron chi connectivity index (χ2n) is 5.82. The lowest BCUT2D eigenvalue weighted by atomic mass is 10.0. The molecule has 0 heterocycles. The van der Waals surface area contributed by atoms with Gasteiger partial charge in [-0.2, -0.15) is 0 Å². The zero-order chi connectivity index (χ0) is 20.0. The molecule has 27 heavy (non-hydrogen) atoms. The molecule has 8 heteroatoms. The molecule has 1 amide bonds. The average molecular weight is 374 g/mol. The Kier molecular flexibility index (Phi) is 6.59. The fraction of sp³-hybridized carbons (Fsp3) is 0.316. The number of nitrogens with zero attached hydrogens (tertiary/aromatic N) is 1. The topological polar surface area (TPSA) is 99.9 Å². The van der Waals surface area contributed by atoms with Gasteiger partial charge in [-0.15, -0.1) is 0 Å². The van der Waals surface area contributed by atoms with Crippen LogP contribution in [-0.4, -0.2) is 38.7 Å². The summed E-state index contributed by atoms with van der Waals surface area (Å²) in [5.74, 6) is -0.495. The molecular weight excluding hydrogens is 352 g/mol. The predicted molar refractivity (Wildman–Crippen MR) is 99.9 cm³/mol. The smallest absolute Gasteiger partial charge is 0.327 e. The van der Waals surface area contributed by atoms with E-state index in [4.69, 9.17) is 14.2 Å². The summed E-state index contributed by atoms with van der Waals surface area (Å²) in [5.41, 5.74) is 0.423. The third-order valence-electron chi connectivity index (χ3n) is 4.17. The maximum absolute atomic E-state index is 12.7. The van der Waals surface area contributed by atoms with Gasteiger partial charge in [0.2, 0.25) is 11.5 Å². The number of rotatable bonds is 8. The Morgan fingerprint density at radius 1 is 1.11 bits per heavy atom. The number of ether oxygens (including phenoxy) is 3. The van der Waals surface area contributed by atoms with Crippen LogP contribution in [0.25, 0.3) is 0 Å². The Hall–Kier alpha value is -3.29. The van der Waals surface area contributed by atoms with Crippen molar-refractivity contribution in [2.24, 2.45) is 0 Å². The number of methoxy groups -OCH3 is 3. The molecule has 0 aliphatic rings. The van der Waals surface area contributed by atoms with Crippen molar-refractivity contribution in [1.29, 1.82) is 0 Å². The molecular formula is C19H22N2O6. The molecule has 0 aliphatic carbocycles. The van der Waals surface area contributed by atoms with Gasteiger partial charge in [-0.25, -0.2) is 0 Å². The SMILES string of the molecule is COc1cc(C(=O)NC[C@@H](C)c2ccccc2)c([N+](=O)[O-])c(OC)c1OC. The van der Waals surface area contributed by atoms with Gasteiger partial charge in [0.15, 0.2) is 5.75 Å². The summed E-state index contributed by atoms with van der Waals surface area (Å²) in [6.45, 7) is 2.27. The number of nitro groups is 1. The number of hydrogen-bond donors (Lipinski definition) is 1. The van der Waals surface area contributed by atoms with Crippen LogP contribution in [0.4, 0.5) is 5.69 Å². The van der Waals surface area contributed by atoms with Gasteiger partial charge in [0.1, 0.15) is 5.56 Å². The van der Waals surface area contributed by atoms with E-state index in [0.717, 1.165) is 5.56 Å². The number of nitrogens with one attached hydrogen (secondary N) is 1. The van der Waals surface area contributed by atoms with Crippen LogP contribution in [0.3, 0.4) is 0 Å². The van der Waals surface area contributed by atoms with E-state index < -0.39 is 16.5 Å². The summed E-state index contributed by atoms with van der Waals surface area (Å²) < 4.78 is 15.5. The standard InChI is InChI=1S/C19H22N2O6/c1-12(13-8-6-5-7-9-13)11-20-19(22)14-10-15(25-2)17(26-3)18(27-4)16(14)21(23)24/h5-10,12H,11H2,1-4H3,(H,20,22)/t12-/m1/s1. The van der Waals surface area contributed by atoms with Crippen molar-refractivity contribution in [3.05, 3.63) is 57.6 Å². The summed E-state index contributed by atoms with van der Waals surface area (Å²) in [4.78, 5) is 23.6. The molecule has 0 fully saturated rings. The van der Waals surface area contributed by atoms with E-state index in [1.54, 1.807) is 0 Å². The van der Waals surface area contributed by atoms with Crippen molar-refractivity contribution < 1.29 is 23.9 Å². The molecule has 0 aromatic heterocycles. The van der Waals surface area contributed by atoms with E-state index in [9.17, 15) is 14.9 Å². The molecule has 0 unspecified atom stereocenters. The van der Waals surface area contributed by atoms with Crippen LogP contribution in [0.1, 0.15) is 28.8 Å². The molecule has 2 aromatic carbocycles. The fourth-order valence-electron chi connectivity index (χ4n) is 2.74. The highest BCUT2D eigenvalue weighted by atomic mass is 16.6. The Balaban J connectivity index is 2.35. The Morgan fingerprint density at radius 3 is 2.26 bits per heavy atom. The minimum absolute atomic E-state index is 0.0382. The third kappa shape index (κ3) is 4.28. The van der Waals surface area contributed by atoms with Gasteiger partial charge < -0.3 is 19.5 Å². The van der Waals surface area contributed by atoms with Crippen molar-refractivity contribution in [2.45, 2.75) is 12.8 Å². The number of hydrogen-bond acceptors (Lipinski definition) is 6. The summed E-state index contributed by atoms with van der Waals surface area (Å²) in [6, 6.07) is 10.9. The van der Waals surface area contributed by atoms with Crippen molar-refractivity contribution in [3.63, 3.8) is 0 Å². The van der Waals surface area contributed by atoms with E-state index >= 15 is 0 Å². The van der Waals surface area contributed by atoms with Crippen LogP contribution in [0.5, 0.6) is 17.2 Å². The van der Waals surface area contributed by atoms with Gasteiger partial charge >= 0.3 is 5.69 Å². The first kappa shape index (κ1) is 20.0. The third-order valence-corrected chi connectivity index (χ3v) is 4.17. The number of amides is 1. The molecule has 0 saturated heterocycles. The maximum Gasteiger partial charge on any atom is 0.327 e. The van der Waals surface area contributed by atoms with E-state index in [0.29, 0.717) is 6.54 Å². The van der Waals surface area contributed by atoms with Gasteiger partial charge in [-0.05, 0) is 11.5 Å². The molecule has 2 aromatic rings. The molecule has 0 radical (unpaired) electrons. The lowest BCUT2D eigenvalue weighted by molar-refractivity contribution is -0.386. The van der Waals surface area contributed by atoms with Crippen LogP contribution in [-0.2, 0) is 0 Å². The molecule has 0 aliphatic heterocycles. The summed E-state index contributed by atoms with van der Waals surface area (Å²) in [7, 11) is 3.98. The highest BCUT2D eigenvalue weighted by molar-refractivity contribution is 6.00. The fourth-order valence-corrected chi connectivity index (χ4v) is 2.74. The van der Waals surface area contributed by atoms with E-state index in [-0.39, 0.29) is 28.7 Å². The molecule has 144 valence electrons. The lowest BCUT2D eigenvalue weighted by Crippen LogP contribution is -2.28. The Morgan fingerprint density at radius 2 is 1.74 bits per heavy atom. The Bertz CT molecular complexity index is 823. The van der Waals surface area contributed by atoms with Crippen LogP contribution >= 0.6 is 0 Å². The van der Waals surface area contributed by atoms with Gasteiger partial charge in [0, 0.05) is 12.6 Å². The van der Waals surface area contributed by atoms with Gasteiger partial charge in [-0.3, -0.25) is 14.9 Å². The summed E-state index contributed by atoms with van der Waals surface area (Å²) in [6.07, 6.45) is 0. The van der Waals surface area contributed by atoms with Gasteiger partial charge in [-0.1, -0.05) is 37.3 Å². The first-order valence-corrected chi connectivity index (χ1v) is 8.25. The average Bonchev–Trinajstić information content (AvgIpc) is 2.70. The van der Waals surface area contributed by atoms with Crippen molar-refractivity contribution in [2.75, 3.05) is 27.9 Å². The second-order valence-corrected chi connectivity index (χ2v) is 5.82. The monoisotopic (exact) mass is 374 g/mol. The first-order valence-electron chi connectivity index (χ1n) is 8.25. The van der Waals surface area contributed by atoms with E-state index in [1.165, 1.54) is 27.4 Å². The molecule has 1 atom stereocenters. The minimum atomic E-state index is -0.670. The molecule has 8 nitrogen and oxygen atoms in total. The quantitative estimate of drug-likeness (QED) is 0.563. The number of nitro benzene ring substituents is 1. The van der Waals surface area contributed by atoms with Crippen molar-refractivity contribution in [1.82, 2.24) is 5.32 Å². The summed E-state index contributed by atoms with van der Waals surface area (Å²) in [5, 5.41) is 14.3. The molecule has 1 N–H and O–H groups in total. The molecule has 0 spiro atoms. The molecule has 2 rings (SSSR count). The van der Waals surface area contributed by atoms with Crippen LogP contribution in [0, 0.1) is 10.1 Å². The lowest BCUT2D eigenvalue weighted by Gasteiger charge is -2.16. The van der Waals surface area contributed by atoms with Crippen LogP contribution < -0.4 is 19.5 Å². The number of benzene rings is 2. The largest absolute Gasteiger partial charge is 0.493 e. The zero-order valence-corrected chi connectivity index (χ0v) is 15.6.